The minimum absolute atomic E-state index is 0.0464. The molecule has 1 unspecified atom stereocenters. The van der Waals surface area contributed by atoms with Gasteiger partial charge in [-0.25, -0.2) is 4.68 Å². The van der Waals surface area contributed by atoms with Crippen LogP contribution >= 0.6 is 0 Å². The minimum Gasteiger partial charge on any atom is -0.480 e. The highest BCUT2D eigenvalue weighted by Crippen LogP contribution is 2.18. The van der Waals surface area contributed by atoms with Gasteiger partial charge in [-0.05, 0) is 43.0 Å². The lowest BCUT2D eigenvalue weighted by atomic mass is 10.1. The summed E-state index contributed by atoms with van der Waals surface area (Å²) in [6, 6.07) is 9.44. The molecule has 29 heavy (non-hydrogen) atoms. The molecule has 2 amide bonds. The number of nitrogens with zero attached hydrogens (tertiary/aromatic N) is 4. The standard InChI is InChI=1S/C21H26N4O4/c1-16(26)24(15-21(28)29)18-4-2-11-23(13-9-18)20(27)14-17-5-7-19(8-6-17)25-12-3-10-22-25/h3,5-8,10,12,18H,2,4,9,11,13-15H2,1H3,(H,28,29). The van der Waals surface area contributed by atoms with Gasteiger partial charge in [0.05, 0.1) is 12.1 Å². The number of aromatic nitrogens is 2. The molecule has 0 bridgehead atoms. The van der Waals surface area contributed by atoms with E-state index in [0.29, 0.717) is 32.4 Å². The number of amides is 2. The summed E-state index contributed by atoms with van der Waals surface area (Å²) in [5.41, 5.74) is 1.87. The van der Waals surface area contributed by atoms with Gasteiger partial charge in [-0.15, -0.1) is 0 Å². The highest BCUT2D eigenvalue weighted by molar-refractivity contribution is 5.80. The summed E-state index contributed by atoms with van der Waals surface area (Å²) < 4.78 is 1.76. The smallest absolute Gasteiger partial charge is 0.323 e. The molecule has 0 radical (unpaired) electrons. The number of aliphatic carboxylic acids is 1. The van der Waals surface area contributed by atoms with Gasteiger partial charge >= 0.3 is 5.97 Å². The number of rotatable bonds is 6. The number of benzene rings is 1. The third-order valence-electron chi connectivity index (χ3n) is 5.26. The normalized spacial score (nSPS) is 16.9. The van der Waals surface area contributed by atoms with Crippen molar-refractivity contribution in [3.8, 4) is 5.69 Å². The van der Waals surface area contributed by atoms with Crippen LogP contribution in [0.15, 0.2) is 42.7 Å². The monoisotopic (exact) mass is 398 g/mol. The van der Waals surface area contributed by atoms with Gasteiger partial charge in [0.25, 0.3) is 0 Å². The third kappa shape index (κ3) is 5.43. The predicted octanol–water partition coefficient (Wildman–Crippen LogP) is 1.73. The quantitative estimate of drug-likeness (QED) is 0.800. The Morgan fingerprint density at radius 1 is 1.17 bits per heavy atom. The first kappa shape index (κ1) is 20.6. The van der Waals surface area contributed by atoms with E-state index in [2.05, 4.69) is 5.10 Å². The maximum atomic E-state index is 12.8. The largest absolute Gasteiger partial charge is 0.480 e. The molecule has 154 valence electrons. The van der Waals surface area contributed by atoms with Crippen molar-refractivity contribution in [2.45, 2.75) is 38.6 Å². The zero-order valence-electron chi connectivity index (χ0n) is 16.5. The van der Waals surface area contributed by atoms with Crippen molar-refractivity contribution in [2.75, 3.05) is 19.6 Å². The van der Waals surface area contributed by atoms with E-state index in [1.807, 2.05) is 41.4 Å². The van der Waals surface area contributed by atoms with E-state index >= 15 is 0 Å². The molecule has 1 N–H and O–H groups in total. The van der Waals surface area contributed by atoms with E-state index in [4.69, 9.17) is 5.11 Å². The molecule has 1 aliphatic rings. The second kappa shape index (κ2) is 9.36. The van der Waals surface area contributed by atoms with Crippen molar-refractivity contribution in [2.24, 2.45) is 0 Å². The Balaban J connectivity index is 1.57. The van der Waals surface area contributed by atoms with Crippen LogP contribution in [0, 0.1) is 0 Å². The van der Waals surface area contributed by atoms with Gasteiger partial charge in [-0.1, -0.05) is 12.1 Å². The number of hydrogen-bond donors (Lipinski definition) is 1. The highest BCUT2D eigenvalue weighted by atomic mass is 16.4. The van der Waals surface area contributed by atoms with Gasteiger partial charge in [0.15, 0.2) is 0 Å². The van der Waals surface area contributed by atoms with Gasteiger partial charge < -0.3 is 14.9 Å². The van der Waals surface area contributed by atoms with Gasteiger partial charge in [0, 0.05) is 38.4 Å². The fourth-order valence-electron chi connectivity index (χ4n) is 3.76. The molecule has 2 heterocycles. The molecule has 2 aromatic rings. The lowest BCUT2D eigenvalue weighted by Gasteiger charge is -2.28. The van der Waals surface area contributed by atoms with Crippen molar-refractivity contribution in [1.82, 2.24) is 19.6 Å². The topological polar surface area (TPSA) is 95.7 Å². The average Bonchev–Trinajstić information content (AvgIpc) is 3.11. The molecule has 8 heteroatoms. The minimum atomic E-state index is -1.02. The number of carboxylic acids is 1. The number of likely N-dealkylation sites (tertiary alicyclic amines) is 1. The average molecular weight is 398 g/mol. The zero-order valence-corrected chi connectivity index (χ0v) is 16.5. The van der Waals surface area contributed by atoms with Crippen molar-refractivity contribution < 1.29 is 19.5 Å². The molecular weight excluding hydrogens is 372 g/mol. The Hall–Kier alpha value is -3.16. The van der Waals surface area contributed by atoms with Gasteiger partial charge in [0.2, 0.25) is 11.8 Å². The molecule has 1 fully saturated rings. The summed E-state index contributed by atoms with van der Waals surface area (Å²) in [4.78, 5) is 38.9. The van der Waals surface area contributed by atoms with Crippen LogP contribution in [0.3, 0.4) is 0 Å². The Morgan fingerprint density at radius 2 is 1.93 bits per heavy atom. The van der Waals surface area contributed by atoms with Gasteiger partial charge in [-0.2, -0.15) is 5.10 Å². The molecule has 1 aromatic heterocycles. The zero-order chi connectivity index (χ0) is 20.8. The molecule has 0 spiro atoms. The van der Waals surface area contributed by atoms with E-state index in [0.717, 1.165) is 17.7 Å². The molecule has 1 saturated heterocycles. The maximum absolute atomic E-state index is 12.8. The SMILES string of the molecule is CC(=O)N(CC(=O)O)C1CCCN(C(=O)Cc2ccc(-n3cccn3)cc2)CC1. The summed E-state index contributed by atoms with van der Waals surface area (Å²) >= 11 is 0. The van der Waals surface area contributed by atoms with Crippen LogP contribution in [-0.4, -0.2) is 68.1 Å². The van der Waals surface area contributed by atoms with E-state index in [1.165, 1.54) is 11.8 Å². The van der Waals surface area contributed by atoms with E-state index < -0.39 is 5.97 Å². The van der Waals surface area contributed by atoms with Crippen LogP contribution in [0.1, 0.15) is 31.7 Å². The Bertz CT molecular complexity index is 848. The molecule has 1 atom stereocenters. The third-order valence-corrected chi connectivity index (χ3v) is 5.26. The fraction of sp³-hybridized carbons (Fsp3) is 0.429. The molecular formula is C21H26N4O4. The van der Waals surface area contributed by atoms with Crippen LogP contribution in [0.2, 0.25) is 0 Å². The number of carbonyl (C=O) groups excluding carboxylic acids is 2. The van der Waals surface area contributed by atoms with E-state index in [1.54, 1.807) is 10.9 Å². The molecule has 1 aromatic carbocycles. The summed E-state index contributed by atoms with van der Waals surface area (Å²) in [6.45, 7) is 2.25. The summed E-state index contributed by atoms with van der Waals surface area (Å²) in [6.07, 6.45) is 5.94. The van der Waals surface area contributed by atoms with E-state index in [-0.39, 0.29) is 24.4 Å². The summed E-state index contributed by atoms with van der Waals surface area (Å²) in [7, 11) is 0. The molecule has 1 aliphatic heterocycles. The lowest BCUT2D eigenvalue weighted by Crippen LogP contribution is -2.43. The van der Waals surface area contributed by atoms with Crippen molar-refractivity contribution in [3.05, 3.63) is 48.3 Å². The van der Waals surface area contributed by atoms with Crippen LogP contribution in [0.25, 0.3) is 5.69 Å². The second-order valence-electron chi connectivity index (χ2n) is 7.30. The number of carboxylic acid groups (broad SMARTS) is 1. The van der Waals surface area contributed by atoms with Crippen molar-refractivity contribution >= 4 is 17.8 Å². The Labute approximate surface area is 169 Å². The van der Waals surface area contributed by atoms with Gasteiger partial charge in [0.1, 0.15) is 6.54 Å². The van der Waals surface area contributed by atoms with Crippen LogP contribution in [0.4, 0.5) is 0 Å². The Morgan fingerprint density at radius 3 is 2.55 bits per heavy atom. The number of carbonyl (C=O) groups is 3. The van der Waals surface area contributed by atoms with Crippen molar-refractivity contribution in [1.29, 1.82) is 0 Å². The fourth-order valence-corrected chi connectivity index (χ4v) is 3.76. The number of hydrogen-bond acceptors (Lipinski definition) is 4. The van der Waals surface area contributed by atoms with Crippen LogP contribution in [-0.2, 0) is 20.8 Å². The van der Waals surface area contributed by atoms with Crippen LogP contribution < -0.4 is 0 Å². The van der Waals surface area contributed by atoms with Crippen molar-refractivity contribution in [3.63, 3.8) is 0 Å². The van der Waals surface area contributed by atoms with E-state index in [9.17, 15) is 14.4 Å². The Kier molecular flexibility index (Phi) is 6.64. The maximum Gasteiger partial charge on any atom is 0.323 e. The lowest BCUT2D eigenvalue weighted by molar-refractivity contribution is -0.145. The first-order valence-electron chi connectivity index (χ1n) is 9.80. The highest BCUT2D eigenvalue weighted by Gasteiger charge is 2.27. The first-order chi connectivity index (χ1) is 13.9. The molecule has 0 aliphatic carbocycles. The van der Waals surface area contributed by atoms with Gasteiger partial charge in [-0.3, -0.25) is 14.4 Å². The first-order valence-corrected chi connectivity index (χ1v) is 9.80. The van der Waals surface area contributed by atoms with Crippen LogP contribution in [0.5, 0.6) is 0 Å². The second-order valence-corrected chi connectivity index (χ2v) is 7.30. The molecule has 0 saturated carbocycles. The molecule has 3 rings (SSSR count). The summed E-state index contributed by atoms with van der Waals surface area (Å²) in [5, 5.41) is 13.2. The predicted molar refractivity (Wildman–Crippen MR) is 107 cm³/mol. The summed E-state index contributed by atoms with van der Waals surface area (Å²) in [5.74, 6) is -1.21. The molecule has 8 nitrogen and oxygen atoms in total.